The van der Waals surface area contributed by atoms with Crippen molar-refractivity contribution in [3.63, 3.8) is 0 Å². The van der Waals surface area contributed by atoms with E-state index in [4.69, 9.17) is 37.9 Å². The second kappa shape index (κ2) is 14.5. The molecule has 2 aromatic rings. The zero-order valence-corrected chi connectivity index (χ0v) is 27.3. The van der Waals surface area contributed by atoms with Gasteiger partial charge >= 0.3 is 11.9 Å². The van der Waals surface area contributed by atoms with Crippen LogP contribution in [0.15, 0.2) is 73.0 Å². The summed E-state index contributed by atoms with van der Waals surface area (Å²) in [5.74, 6) is -2.91. The number of benzene rings is 2. The molecule has 276 valence electrons. The second-order valence-electron chi connectivity index (χ2n) is 13.2. The van der Waals surface area contributed by atoms with E-state index >= 15 is 0 Å². The normalized spacial score (nSPS) is 42.6. The maximum absolute atomic E-state index is 13.3. The standard InChI is InChI=1S/C35H40O16/c1-16-26(47-30(42)17-8-4-2-5-9-17)25(41)28(48-31(43)18-10-6-3-7-11-18)34(45-16)49-27-19-12-13-44-32(21(19)35(15-37)29(27)51-35)50-33-24(40)23(39)22(38)20(14-36)46-33/h2-13,16,19-29,32-34,36-41H,14-15H2,1H3/t16-,19+,20+,21+,22+,23-,24+,25+,26-,27-,28+,29-,32-,33-,34-,35+/m0/s1. The quantitative estimate of drug-likeness (QED) is 0.128. The van der Waals surface area contributed by atoms with Gasteiger partial charge < -0.3 is 68.5 Å². The van der Waals surface area contributed by atoms with Crippen LogP contribution in [0.4, 0.5) is 0 Å². The summed E-state index contributed by atoms with van der Waals surface area (Å²) in [6.45, 7) is 0.399. The van der Waals surface area contributed by atoms with Crippen LogP contribution in [-0.4, -0.2) is 141 Å². The van der Waals surface area contributed by atoms with Crippen molar-refractivity contribution < 1.29 is 78.1 Å². The fourth-order valence-electron chi connectivity index (χ4n) is 7.39. The van der Waals surface area contributed by atoms with Crippen molar-refractivity contribution in [1.29, 1.82) is 0 Å². The molecule has 0 radical (unpaired) electrons. The van der Waals surface area contributed by atoms with E-state index in [1.54, 1.807) is 61.5 Å². The first-order chi connectivity index (χ1) is 24.6. The molecule has 7 rings (SSSR count). The van der Waals surface area contributed by atoms with Gasteiger partial charge in [-0.2, -0.15) is 0 Å². The van der Waals surface area contributed by atoms with Crippen LogP contribution >= 0.6 is 0 Å². The second-order valence-corrected chi connectivity index (χ2v) is 13.2. The Bertz CT molecular complexity index is 1560. The molecule has 2 aromatic carbocycles. The molecule has 1 saturated carbocycles. The van der Waals surface area contributed by atoms with Gasteiger partial charge in [0.1, 0.15) is 42.2 Å². The predicted molar refractivity (Wildman–Crippen MR) is 167 cm³/mol. The molecule has 0 aromatic heterocycles. The molecular weight excluding hydrogens is 676 g/mol. The fourth-order valence-corrected chi connectivity index (χ4v) is 7.39. The van der Waals surface area contributed by atoms with Gasteiger partial charge in [-0.05, 0) is 37.3 Å². The summed E-state index contributed by atoms with van der Waals surface area (Å²) in [5.41, 5.74) is -0.837. The maximum Gasteiger partial charge on any atom is 0.338 e. The molecule has 3 saturated heterocycles. The van der Waals surface area contributed by atoms with Gasteiger partial charge in [-0.15, -0.1) is 0 Å². The van der Waals surface area contributed by atoms with Gasteiger partial charge in [0, 0.05) is 5.92 Å². The summed E-state index contributed by atoms with van der Waals surface area (Å²) in [4.78, 5) is 26.3. The highest BCUT2D eigenvalue weighted by atomic mass is 16.8. The molecule has 0 unspecified atom stereocenters. The van der Waals surface area contributed by atoms with Crippen LogP contribution in [0.5, 0.6) is 0 Å². The van der Waals surface area contributed by atoms with E-state index in [1.165, 1.54) is 18.4 Å². The molecule has 6 N–H and O–H groups in total. The molecule has 16 atom stereocenters. The lowest BCUT2D eigenvalue weighted by molar-refractivity contribution is -0.346. The highest BCUT2D eigenvalue weighted by Gasteiger charge is 2.77. The molecule has 4 fully saturated rings. The Morgan fingerprint density at radius 3 is 1.96 bits per heavy atom. The molecule has 16 nitrogen and oxygen atoms in total. The Hall–Kier alpha value is -3.52. The van der Waals surface area contributed by atoms with Gasteiger partial charge in [-0.25, -0.2) is 9.59 Å². The molecule has 0 bridgehead atoms. The van der Waals surface area contributed by atoms with Crippen LogP contribution in [-0.2, 0) is 37.9 Å². The number of hydrogen-bond donors (Lipinski definition) is 6. The molecule has 4 heterocycles. The largest absolute Gasteiger partial charge is 0.472 e. The number of esters is 2. The van der Waals surface area contributed by atoms with Crippen LogP contribution in [0.3, 0.4) is 0 Å². The molecule has 5 aliphatic rings. The van der Waals surface area contributed by atoms with Gasteiger partial charge in [-0.3, -0.25) is 0 Å². The Kier molecular flexibility index (Phi) is 10.2. The van der Waals surface area contributed by atoms with Crippen molar-refractivity contribution in [1.82, 2.24) is 0 Å². The van der Waals surface area contributed by atoms with E-state index in [2.05, 4.69) is 0 Å². The lowest BCUT2D eigenvalue weighted by atomic mass is 9.85. The van der Waals surface area contributed by atoms with Crippen molar-refractivity contribution >= 4 is 11.9 Å². The first-order valence-electron chi connectivity index (χ1n) is 16.7. The average molecular weight is 717 g/mol. The SMILES string of the molecule is C[C@@H]1O[C@@H](O[C@H]2[C@@H]3C=CO[C@@H](O[C@@H]4O[C@H](CO)[C@@H](O)[C@H](O)[C@H]4O)[C@@H]3[C@@]3(CO)O[C@@H]23)[C@H](OC(=O)c2ccccc2)[C@H](O)[C@H]1OC(=O)c1ccccc1. The number of carbonyl (C=O) groups excluding carboxylic acids is 2. The maximum atomic E-state index is 13.3. The summed E-state index contributed by atoms with van der Waals surface area (Å²) in [6, 6.07) is 16.2. The van der Waals surface area contributed by atoms with E-state index in [-0.39, 0.29) is 11.1 Å². The Morgan fingerprint density at radius 1 is 0.725 bits per heavy atom. The molecule has 1 aliphatic carbocycles. The van der Waals surface area contributed by atoms with E-state index in [9.17, 15) is 40.2 Å². The molecule has 51 heavy (non-hydrogen) atoms. The van der Waals surface area contributed by atoms with Crippen LogP contribution in [0.2, 0.25) is 0 Å². The number of fused-ring (bicyclic) bond motifs is 3. The number of ether oxygens (including phenoxy) is 8. The van der Waals surface area contributed by atoms with Gasteiger partial charge in [0.15, 0.2) is 24.8 Å². The highest BCUT2D eigenvalue weighted by Crippen LogP contribution is 2.61. The third-order valence-corrected chi connectivity index (χ3v) is 10.1. The van der Waals surface area contributed by atoms with Gasteiger partial charge in [0.05, 0.1) is 48.7 Å². The zero-order chi connectivity index (χ0) is 36.0. The third-order valence-electron chi connectivity index (χ3n) is 10.1. The Labute approximate surface area is 291 Å². The summed E-state index contributed by atoms with van der Waals surface area (Å²) >= 11 is 0. The summed E-state index contributed by atoms with van der Waals surface area (Å²) < 4.78 is 47.3. The van der Waals surface area contributed by atoms with Crippen molar-refractivity contribution in [2.75, 3.05) is 13.2 Å². The number of aliphatic hydroxyl groups is 6. The zero-order valence-electron chi connectivity index (χ0n) is 27.3. The minimum absolute atomic E-state index is 0.186. The van der Waals surface area contributed by atoms with E-state index in [0.29, 0.717) is 0 Å². The highest BCUT2D eigenvalue weighted by molar-refractivity contribution is 5.90. The monoisotopic (exact) mass is 716 g/mol. The van der Waals surface area contributed by atoms with Crippen molar-refractivity contribution in [2.45, 2.75) is 92.4 Å². The Balaban J connectivity index is 1.12. The van der Waals surface area contributed by atoms with Crippen molar-refractivity contribution in [2.24, 2.45) is 11.8 Å². The summed E-state index contributed by atoms with van der Waals surface area (Å²) in [7, 11) is 0. The van der Waals surface area contributed by atoms with Crippen LogP contribution in [0.25, 0.3) is 0 Å². The first kappa shape index (κ1) is 35.9. The number of epoxide rings is 1. The minimum Gasteiger partial charge on any atom is -0.472 e. The van der Waals surface area contributed by atoms with Crippen LogP contribution in [0.1, 0.15) is 27.6 Å². The van der Waals surface area contributed by atoms with E-state index in [0.717, 1.165) is 0 Å². The topological polar surface area (TPSA) is 233 Å². The Morgan fingerprint density at radius 2 is 1.35 bits per heavy atom. The van der Waals surface area contributed by atoms with Crippen molar-refractivity contribution in [3.05, 3.63) is 84.1 Å². The molecular formula is C35H40O16. The average Bonchev–Trinajstić information content (AvgIpc) is 3.83. The lowest BCUT2D eigenvalue weighted by Gasteiger charge is -2.44. The van der Waals surface area contributed by atoms with Gasteiger partial charge in [-0.1, -0.05) is 36.4 Å². The molecule has 0 spiro atoms. The summed E-state index contributed by atoms with van der Waals surface area (Å²) in [5, 5.41) is 62.9. The third kappa shape index (κ3) is 6.55. The molecule has 4 aliphatic heterocycles. The summed E-state index contributed by atoms with van der Waals surface area (Å²) in [6.07, 6.45) is -14.4. The predicted octanol–water partition coefficient (Wildman–Crippen LogP) is -1.01. The fraction of sp³-hybridized carbons (Fsp3) is 0.543. The van der Waals surface area contributed by atoms with Crippen LogP contribution < -0.4 is 0 Å². The number of aliphatic hydroxyl groups excluding tert-OH is 6. The smallest absolute Gasteiger partial charge is 0.338 e. The van der Waals surface area contributed by atoms with E-state index < -0.39 is 122 Å². The number of rotatable bonds is 10. The van der Waals surface area contributed by atoms with E-state index in [1.807, 2.05) is 0 Å². The lowest BCUT2D eigenvalue weighted by Crippen LogP contribution is -2.61. The number of hydrogen-bond acceptors (Lipinski definition) is 16. The number of carbonyl (C=O) groups is 2. The van der Waals surface area contributed by atoms with Crippen LogP contribution in [0, 0.1) is 11.8 Å². The molecule has 16 heteroatoms. The van der Waals surface area contributed by atoms with Gasteiger partial charge in [0.2, 0.25) is 6.29 Å². The minimum atomic E-state index is -1.71. The first-order valence-corrected chi connectivity index (χ1v) is 16.7. The van der Waals surface area contributed by atoms with Gasteiger partial charge in [0.25, 0.3) is 0 Å². The van der Waals surface area contributed by atoms with Crippen molar-refractivity contribution in [3.8, 4) is 0 Å². The molecule has 0 amide bonds.